The average Bonchev–Trinajstić information content (AvgIpc) is 2.38. The van der Waals surface area contributed by atoms with Gasteiger partial charge in [-0.15, -0.1) is 12.4 Å². The summed E-state index contributed by atoms with van der Waals surface area (Å²) in [4.78, 5) is 11.7. The molecule has 1 atom stereocenters. The van der Waals surface area contributed by atoms with Gasteiger partial charge in [0.1, 0.15) is 5.56 Å². The molecule has 1 aromatic rings. The molecule has 1 saturated heterocycles. The fourth-order valence-corrected chi connectivity index (χ4v) is 2.01. The Bertz CT molecular complexity index is 480. The summed E-state index contributed by atoms with van der Waals surface area (Å²) in [6, 6.07) is -0.241. The Labute approximate surface area is 119 Å². The van der Waals surface area contributed by atoms with Crippen LogP contribution in [-0.2, 0) is 0 Å². The van der Waals surface area contributed by atoms with Crippen molar-refractivity contribution in [2.45, 2.75) is 18.9 Å². The molecule has 2 rings (SSSR count). The second kappa shape index (κ2) is 6.90. The molecular weight excluding hydrogens is 300 g/mol. The number of nitrogens with one attached hydrogen (secondary N) is 2. The van der Waals surface area contributed by atoms with E-state index in [2.05, 4.69) is 10.6 Å². The van der Waals surface area contributed by atoms with E-state index in [0.29, 0.717) is 13.0 Å². The summed E-state index contributed by atoms with van der Waals surface area (Å²) >= 11 is 0. The van der Waals surface area contributed by atoms with Gasteiger partial charge in [-0.1, -0.05) is 0 Å². The van der Waals surface area contributed by atoms with Gasteiger partial charge >= 0.3 is 0 Å². The van der Waals surface area contributed by atoms with Gasteiger partial charge in [0.15, 0.2) is 23.3 Å². The first-order valence-electron chi connectivity index (χ1n) is 5.85. The van der Waals surface area contributed by atoms with E-state index in [-0.39, 0.29) is 24.5 Å². The highest BCUT2D eigenvalue weighted by Crippen LogP contribution is 2.19. The van der Waals surface area contributed by atoms with E-state index < -0.39 is 34.7 Å². The molecule has 0 aromatic heterocycles. The zero-order valence-corrected chi connectivity index (χ0v) is 11.1. The average molecular weight is 313 g/mol. The minimum Gasteiger partial charge on any atom is -0.348 e. The van der Waals surface area contributed by atoms with Gasteiger partial charge in [-0.05, 0) is 19.4 Å². The van der Waals surface area contributed by atoms with Gasteiger partial charge in [-0.3, -0.25) is 4.79 Å². The smallest absolute Gasteiger partial charge is 0.257 e. The highest BCUT2D eigenvalue weighted by atomic mass is 35.5. The molecule has 2 N–H and O–H groups in total. The molecule has 0 radical (unpaired) electrons. The molecule has 1 aliphatic rings. The maximum atomic E-state index is 13.4. The Morgan fingerprint density at radius 1 is 1.20 bits per heavy atom. The molecule has 0 spiro atoms. The standard InChI is InChI=1S/C12H12F4N2O.ClH/c13-7-4-8(14)11(16)9(10(7)15)12(19)18-6-2-1-3-17-5-6;/h4,6,17H,1-3,5H2,(H,18,19);1H. The van der Waals surface area contributed by atoms with E-state index in [1.54, 1.807) is 0 Å². The van der Waals surface area contributed by atoms with Crippen LogP contribution in [0.25, 0.3) is 0 Å². The fourth-order valence-electron chi connectivity index (χ4n) is 2.01. The van der Waals surface area contributed by atoms with Crippen LogP contribution in [-0.4, -0.2) is 25.0 Å². The molecule has 1 aromatic carbocycles. The van der Waals surface area contributed by atoms with Crippen LogP contribution in [0.2, 0.25) is 0 Å². The van der Waals surface area contributed by atoms with Crippen molar-refractivity contribution in [1.82, 2.24) is 10.6 Å². The molecule has 0 bridgehead atoms. The number of carbonyl (C=O) groups is 1. The predicted octanol–water partition coefficient (Wildman–Crippen LogP) is 2.15. The Morgan fingerprint density at radius 2 is 1.80 bits per heavy atom. The Kier molecular flexibility index (Phi) is 5.76. The van der Waals surface area contributed by atoms with E-state index in [4.69, 9.17) is 0 Å². The number of hydrogen-bond donors (Lipinski definition) is 2. The molecule has 8 heteroatoms. The molecule has 1 fully saturated rings. The van der Waals surface area contributed by atoms with Gasteiger partial charge in [-0.2, -0.15) is 0 Å². The lowest BCUT2D eigenvalue weighted by atomic mass is 10.1. The van der Waals surface area contributed by atoms with E-state index in [1.165, 1.54) is 0 Å². The summed E-state index contributed by atoms with van der Waals surface area (Å²) in [5, 5.41) is 5.35. The lowest BCUT2D eigenvalue weighted by molar-refractivity contribution is 0.0919. The van der Waals surface area contributed by atoms with Crippen LogP contribution in [0.15, 0.2) is 6.07 Å². The van der Waals surface area contributed by atoms with Crippen LogP contribution in [0, 0.1) is 23.3 Å². The SMILES string of the molecule is Cl.O=C(NC1CCCNC1)c1c(F)c(F)cc(F)c1F. The van der Waals surface area contributed by atoms with Crippen molar-refractivity contribution in [2.24, 2.45) is 0 Å². The Balaban J connectivity index is 0.00000200. The zero-order valence-electron chi connectivity index (χ0n) is 10.3. The summed E-state index contributed by atoms with van der Waals surface area (Å²) in [6.45, 7) is 1.25. The molecule has 1 amide bonds. The summed E-state index contributed by atoms with van der Waals surface area (Å²) in [5.74, 6) is -7.70. The monoisotopic (exact) mass is 312 g/mol. The fraction of sp³-hybridized carbons (Fsp3) is 0.417. The number of hydrogen-bond acceptors (Lipinski definition) is 2. The van der Waals surface area contributed by atoms with Crippen molar-refractivity contribution in [2.75, 3.05) is 13.1 Å². The number of rotatable bonds is 2. The van der Waals surface area contributed by atoms with E-state index in [9.17, 15) is 22.4 Å². The molecule has 0 aliphatic carbocycles. The minimum absolute atomic E-state index is 0. The first kappa shape index (κ1) is 16.7. The normalized spacial score (nSPS) is 18.3. The van der Waals surface area contributed by atoms with Gasteiger partial charge in [0.05, 0.1) is 0 Å². The highest BCUT2D eigenvalue weighted by molar-refractivity contribution is 5.95. The van der Waals surface area contributed by atoms with Crippen LogP contribution in [0.4, 0.5) is 17.6 Å². The molecule has 0 saturated carbocycles. The first-order chi connectivity index (χ1) is 9.00. The van der Waals surface area contributed by atoms with Crippen molar-refractivity contribution in [3.63, 3.8) is 0 Å². The number of piperidine rings is 1. The lowest BCUT2D eigenvalue weighted by Gasteiger charge is -2.24. The predicted molar refractivity (Wildman–Crippen MR) is 66.9 cm³/mol. The molecule has 20 heavy (non-hydrogen) atoms. The van der Waals surface area contributed by atoms with Gasteiger partial charge in [-0.25, -0.2) is 17.6 Å². The minimum atomic E-state index is -1.68. The second-order valence-electron chi connectivity index (χ2n) is 4.36. The summed E-state index contributed by atoms with van der Waals surface area (Å²) in [7, 11) is 0. The maximum absolute atomic E-state index is 13.4. The van der Waals surface area contributed by atoms with Crippen LogP contribution >= 0.6 is 12.4 Å². The topological polar surface area (TPSA) is 41.1 Å². The van der Waals surface area contributed by atoms with Crippen molar-refractivity contribution < 1.29 is 22.4 Å². The van der Waals surface area contributed by atoms with Gasteiger partial charge in [0, 0.05) is 18.7 Å². The number of carbonyl (C=O) groups excluding carboxylic acids is 1. The Hall–Kier alpha value is -1.34. The zero-order chi connectivity index (χ0) is 14.0. The molecule has 1 aliphatic heterocycles. The number of benzene rings is 1. The van der Waals surface area contributed by atoms with Crippen molar-refractivity contribution in [1.29, 1.82) is 0 Å². The van der Waals surface area contributed by atoms with Crippen LogP contribution in [0.3, 0.4) is 0 Å². The molecule has 1 heterocycles. The summed E-state index contributed by atoms with van der Waals surface area (Å²) in [6.07, 6.45) is 1.44. The van der Waals surface area contributed by atoms with Crippen LogP contribution in [0.5, 0.6) is 0 Å². The molecule has 1 unspecified atom stereocenters. The molecular formula is C12H13ClF4N2O. The molecule has 3 nitrogen and oxygen atoms in total. The van der Waals surface area contributed by atoms with Crippen molar-refractivity contribution in [3.05, 3.63) is 34.9 Å². The maximum Gasteiger partial charge on any atom is 0.257 e. The van der Waals surface area contributed by atoms with E-state index >= 15 is 0 Å². The molecule has 112 valence electrons. The van der Waals surface area contributed by atoms with Gasteiger partial charge in [0.2, 0.25) is 0 Å². The van der Waals surface area contributed by atoms with Crippen LogP contribution in [0.1, 0.15) is 23.2 Å². The number of halogens is 5. The van der Waals surface area contributed by atoms with E-state index in [0.717, 1.165) is 13.0 Å². The quantitative estimate of drug-likeness (QED) is 0.649. The van der Waals surface area contributed by atoms with Gasteiger partial charge < -0.3 is 10.6 Å². The van der Waals surface area contributed by atoms with Crippen molar-refractivity contribution in [3.8, 4) is 0 Å². The highest BCUT2D eigenvalue weighted by Gasteiger charge is 2.26. The van der Waals surface area contributed by atoms with Crippen molar-refractivity contribution >= 4 is 18.3 Å². The van der Waals surface area contributed by atoms with Crippen LogP contribution < -0.4 is 10.6 Å². The van der Waals surface area contributed by atoms with E-state index in [1.807, 2.05) is 0 Å². The third kappa shape index (κ3) is 3.40. The summed E-state index contributed by atoms with van der Waals surface area (Å²) in [5.41, 5.74) is -1.22. The van der Waals surface area contributed by atoms with Gasteiger partial charge in [0.25, 0.3) is 5.91 Å². The second-order valence-corrected chi connectivity index (χ2v) is 4.36. The first-order valence-corrected chi connectivity index (χ1v) is 5.85. The lowest BCUT2D eigenvalue weighted by Crippen LogP contribution is -2.46. The third-order valence-electron chi connectivity index (χ3n) is 2.97. The number of amides is 1. The Morgan fingerprint density at radius 3 is 2.30 bits per heavy atom. The largest absolute Gasteiger partial charge is 0.348 e. The summed E-state index contributed by atoms with van der Waals surface area (Å²) < 4.78 is 52.7. The third-order valence-corrected chi connectivity index (χ3v) is 2.97.